The molecule has 0 bridgehead atoms. The van der Waals surface area contributed by atoms with E-state index in [1.807, 2.05) is 13.0 Å². The van der Waals surface area contributed by atoms with Crippen molar-refractivity contribution in [1.29, 1.82) is 0 Å². The Morgan fingerprint density at radius 3 is 2.27 bits per heavy atom. The van der Waals surface area contributed by atoms with E-state index < -0.39 is 48.2 Å². The van der Waals surface area contributed by atoms with Crippen LogP contribution in [-0.4, -0.2) is 49.4 Å². The molecule has 1 saturated carbocycles. The Balaban J connectivity index is 1.55. The molecular formula is C31H35ClO8. The largest absolute Gasteiger partial charge is 0.491 e. The molecule has 5 rings (SSSR count). The van der Waals surface area contributed by atoms with E-state index in [2.05, 4.69) is 24.3 Å². The summed E-state index contributed by atoms with van der Waals surface area (Å²) in [6, 6.07) is 10.6. The molecule has 2 fully saturated rings. The predicted molar refractivity (Wildman–Crippen MR) is 146 cm³/mol. The van der Waals surface area contributed by atoms with Gasteiger partial charge < -0.3 is 23.7 Å². The lowest BCUT2D eigenvalue weighted by Gasteiger charge is -2.44. The quantitative estimate of drug-likeness (QED) is 0.314. The maximum atomic E-state index is 12.3. The number of hydrogen-bond donors (Lipinski definition) is 0. The zero-order valence-corrected chi connectivity index (χ0v) is 24.0. The Morgan fingerprint density at radius 2 is 1.65 bits per heavy atom. The van der Waals surface area contributed by atoms with Gasteiger partial charge in [-0.25, -0.2) is 0 Å². The van der Waals surface area contributed by atoms with Crippen molar-refractivity contribution in [3.63, 3.8) is 0 Å². The fraction of sp³-hybridized carbons (Fsp3) is 0.516. The van der Waals surface area contributed by atoms with Gasteiger partial charge >= 0.3 is 17.9 Å². The lowest BCUT2D eigenvalue weighted by Crippen LogP contribution is -2.54. The van der Waals surface area contributed by atoms with E-state index in [0.29, 0.717) is 36.1 Å². The normalized spacial score (nSPS) is 25.5. The zero-order valence-electron chi connectivity index (χ0n) is 23.2. The van der Waals surface area contributed by atoms with Crippen molar-refractivity contribution in [2.45, 2.75) is 83.7 Å². The molecule has 1 saturated heterocycles. The van der Waals surface area contributed by atoms with E-state index in [4.69, 9.17) is 35.3 Å². The first-order chi connectivity index (χ1) is 19.1. The summed E-state index contributed by atoms with van der Waals surface area (Å²) >= 11 is 6.88. The summed E-state index contributed by atoms with van der Waals surface area (Å²) in [6.45, 7) is 6.17. The highest BCUT2D eigenvalue weighted by Crippen LogP contribution is 2.47. The van der Waals surface area contributed by atoms with E-state index in [-0.39, 0.29) is 6.61 Å². The Labute approximate surface area is 239 Å². The monoisotopic (exact) mass is 570 g/mol. The maximum absolute atomic E-state index is 12.3. The van der Waals surface area contributed by atoms with Crippen LogP contribution >= 0.6 is 11.6 Å². The van der Waals surface area contributed by atoms with Crippen molar-refractivity contribution in [2.75, 3.05) is 13.2 Å². The smallest absolute Gasteiger partial charge is 0.303 e. The van der Waals surface area contributed by atoms with Crippen LogP contribution in [0.4, 0.5) is 0 Å². The number of esters is 3. The molecule has 0 aromatic heterocycles. The first kappa shape index (κ1) is 28.4. The van der Waals surface area contributed by atoms with E-state index in [1.165, 1.54) is 39.2 Å². The minimum atomic E-state index is -0.929. The number of fused-ring (bicyclic) bond motifs is 1. The average Bonchev–Trinajstić information content (AvgIpc) is 3.63. The van der Waals surface area contributed by atoms with Gasteiger partial charge in [0.25, 0.3) is 0 Å². The highest BCUT2D eigenvalue weighted by atomic mass is 35.5. The van der Waals surface area contributed by atoms with Crippen molar-refractivity contribution in [3.8, 4) is 5.75 Å². The molecule has 0 spiro atoms. The van der Waals surface area contributed by atoms with Gasteiger partial charge in [0, 0.05) is 38.7 Å². The van der Waals surface area contributed by atoms with Crippen LogP contribution in [0.2, 0.25) is 5.02 Å². The summed E-state index contributed by atoms with van der Waals surface area (Å²) < 4.78 is 29.3. The SMILES string of the molecule is CC(=O)OC[C@H]1O[C@@H](c2cc(Cc3ccc(C4CC4)cc3)c(Cl)c3c2CCO3)[C@H](OC(C)=O)[C@@H](OC(C)=O)[C@@H]1C. The van der Waals surface area contributed by atoms with E-state index in [1.54, 1.807) is 0 Å². The van der Waals surface area contributed by atoms with E-state index in [0.717, 1.165) is 22.3 Å². The standard InChI is InChI=1S/C31H35ClO8/c1-16-26(15-37-17(2)33)40-30(31(39-19(4)35)28(16)38-18(3)34)25-14-23(27(32)29-24(25)11-12-36-29)13-20-5-7-21(8-6-20)22-9-10-22/h5-8,14,16,22,26,28,30-31H,9-13,15H2,1-4H3/t16-,26-,28+,30+,31-/m1/s1. The second-order valence-electron chi connectivity index (χ2n) is 10.9. The van der Waals surface area contributed by atoms with Gasteiger partial charge in [0.05, 0.1) is 17.7 Å². The molecule has 3 aliphatic rings. The molecule has 0 N–H and O–H groups in total. The van der Waals surface area contributed by atoms with Crippen molar-refractivity contribution in [1.82, 2.24) is 0 Å². The predicted octanol–water partition coefficient (Wildman–Crippen LogP) is 5.25. The topological polar surface area (TPSA) is 97.4 Å². The molecule has 9 heteroatoms. The lowest BCUT2D eigenvalue weighted by atomic mass is 9.83. The summed E-state index contributed by atoms with van der Waals surface area (Å²) in [6.07, 6.45) is 0.467. The van der Waals surface area contributed by atoms with Crippen molar-refractivity contribution in [3.05, 3.63) is 63.2 Å². The van der Waals surface area contributed by atoms with Crippen LogP contribution in [0.5, 0.6) is 5.75 Å². The third-order valence-corrected chi connectivity index (χ3v) is 8.28. The van der Waals surface area contributed by atoms with Gasteiger partial charge in [-0.1, -0.05) is 48.9 Å². The summed E-state index contributed by atoms with van der Waals surface area (Å²) in [5.74, 6) is -0.654. The van der Waals surface area contributed by atoms with Gasteiger partial charge in [0.15, 0.2) is 6.10 Å². The molecule has 1 aliphatic carbocycles. The number of ether oxygens (including phenoxy) is 5. The molecular weight excluding hydrogens is 536 g/mol. The molecule has 0 amide bonds. The van der Waals surface area contributed by atoms with Crippen molar-refractivity contribution >= 4 is 29.5 Å². The second-order valence-corrected chi connectivity index (χ2v) is 11.3. The van der Waals surface area contributed by atoms with Crippen LogP contribution in [0.25, 0.3) is 0 Å². The van der Waals surface area contributed by atoms with E-state index >= 15 is 0 Å². The van der Waals surface area contributed by atoms with Gasteiger partial charge in [-0.3, -0.25) is 14.4 Å². The van der Waals surface area contributed by atoms with Crippen LogP contribution in [0.1, 0.15) is 80.4 Å². The van der Waals surface area contributed by atoms with E-state index in [9.17, 15) is 14.4 Å². The van der Waals surface area contributed by atoms with Gasteiger partial charge in [-0.05, 0) is 47.4 Å². The summed E-state index contributed by atoms with van der Waals surface area (Å²) in [5, 5.41) is 0.545. The minimum absolute atomic E-state index is 0.0377. The summed E-state index contributed by atoms with van der Waals surface area (Å²) in [4.78, 5) is 36.0. The minimum Gasteiger partial charge on any atom is -0.491 e. The lowest BCUT2D eigenvalue weighted by molar-refractivity contribution is -0.232. The Morgan fingerprint density at radius 1 is 0.975 bits per heavy atom. The highest BCUT2D eigenvalue weighted by molar-refractivity contribution is 6.33. The molecule has 2 aromatic rings. The molecule has 2 aliphatic heterocycles. The average molecular weight is 571 g/mol. The molecule has 0 unspecified atom stereocenters. The molecule has 8 nitrogen and oxygen atoms in total. The van der Waals surface area contributed by atoms with Crippen molar-refractivity contribution in [2.24, 2.45) is 5.92 Å². The van der Waals surface area contributed by atoms with Crippen LogP contribution in [0.3, 0.4) is 0 Å². The zero-order chi connectivity index (χ0) is 28.6. The van der Waals surface area contributed by atoms with Gasteiger partial charge in [0.1, 0.15) is 24.6 Å². The third kappa shape index (κ3) is 6.13. The number of carbonyl (C=O) groups is 3. The first-order valence-electron chi connectivity index (χ1n) is 13.8. The number of carbonyl (C=O) groups excluding carboxylic acids is 3. The van der Waals surface area contributed by atoms with Crippen LogP contribution in [0.15, 0.2) is 30.3 Å². The third-order valence-electron chi connectivity index (χ3n) is 7.86. The van der Waals surface area contributed by atoms with Crippen LogP contribution in [-0.2, 0) is 46.2 Å². The van der Waals surface area contributed by atoms with Gasteiger partial charge in [-0.15, -0.1) is 0 Å². The number of rotatable bonds is 8. The maximum Gasteiger partial charge on any atom is 0.303 e. The molecule has 40 heavy (non-hydrogen) atoms. The molecule has 2 heterocycles. The van der Waals surface area contributed by atoms with Crippen LogP contribution < -0.4 is 4.74 Å². The van der Waals surface area contributed by atoms with Crippen LogP contribution in [0, 0.1) is 5.92 Å². The molecule has 214 valence electrons. The number of hydrogen-bond acceptors (Lipinski definition) is 8. The fourth-order valence-corrected chi connectivity index (χ4v) is 6.03. The summed E-state index contributed by atoms with van der Waals surface area (Å²) in [7, 11) is 0. The summed E-state index contributed by atoms with van der Waals surface area (Å²) in [5.41, 5.74) is 4.93. The highest BCUT2D eigenvalue weighted by Gasteiger charge is 2.50. The number of benzene rings is 2. The number of halogens is 1. The Bertz CT molecular complexity index is 1290. The van der Waals surface area contributed by atoms with Crippen molar-refractivity contribution < 1.29 is 38.1 Å². The first-order valence-corrected chi connectivity index (χ1v) is 14.2. The molecule has 5 atom stereocenters. The Hall–Kier alpha value is -3.10. The second kappa shape index (κ2) is 11.8. The van der Waals surface area contributed by atoms with Gasteiger partial charge in [0.2, 0.25) is 0 Å². The molecule has 2 aromatic carbocycles. The Kier molecular flexibility index (Phi) is 8.38. The fourth-order valence-electron chi connectivity index (χ4n) is 5.74. The molecule has 0 radical (unpaired) electrons. The van der Waals surface area contributed by atoms with Gasteiger partial charge in [-0.2, -0.15) is 0 Å².